The van der Waals surface area contributed by atoms with Crippen LogP contribution >= 0.6 is 0 Å². The summed E-state index contributed by atoms with van der Waals surface area (Å²) >= 11 is 0. The van der Waals surface area contributed by atoms with Crippen LogP contribution in [0.5, 0.6) is 0 Å². The molecule has 0 saturated carbocycles. The van der Waals surface area contributed by atoms with Crippen LogP contribution < -0.4 is 10.3 Å². The second-order valence-corrected chi connectivity index (χ2v) is 6.14. The van der Waals surface area contributed by atoms with Gasteiger partial charge < -0.3 is 14.2 Å². The van der Waals surface area contributed by atoms with E-state index >= 15 is 0 Å². The van der Waals surface area contributed by atoms with Crippen LogP contribution in [0.4, 0.5) is 5.69 Å². The minimum Gasteiger partial charge on any atom is -0.464 e. The Labute approximate surface area is 146 Å². The van der Waals surface area contributed by atoms with Crippen molar-refractivity contribution < 1.29 is 9.21 Å². The van der Waals surface area contributed by atoms with E-state index in [2.05, 4.69) is 0 Å². The van der Waals surface area contributed by atoms with Crippen molar-refractivity contribution in [1.29, 1.82) is 0 Å². The number of carbonyl (C=O) groups excluding carboxylic acids is 1. The molecule has 0 saturated heterocycles. The molecule has 0 fully saturated rings. The van der Waals surface area contributed by atoms with E-state index in [9.17, 15) is 9.59 Å². The van der Waals surface area contributed by atoms with Gasteiger partial charge in [0.25, 0.3) is 0 Å². The number of nitrogens with zero attached hydrogens (tertiary/aromatic N) is 2. The van der Waals surface area contributed by atoms with Crippen molar-refractivity contribution in [3.8, 4) is 0 Å². The molecule has 3 rings (SSSR count). The highest BCUT2D eigenvalue weighted by atomic mass is 16.3. The highest BCUT2D eigenvalue weighted by molar-refractivity contribution is 5.94. The highest BCUT2D eigenvalue weighted by Gasteiger charge is 2.19. The molecular weight excluding hydrogens is 316 g/mol. The molecule has 0 bridgehead atoms. The van der Waals surface area contributed by atoms with Crippen molar-refractivity contribution >= 4 is 22.6 Å². The summed E-state index contributed by atoms with van der Waals surface area (Å²) in [5.74, 6) is -0.0799. The monoisotopic (exact) mass is 336 g/mol. The molecule has 5 nitrogen and oxygen atoms in total. The largest absolute Gasteiger partial charge is 0.464 e. The smallest absolute Gasteiger partial charge is 0.241 e. The summed E-state index contributed by atoms with van der Waals surface area (Å²) in [6, 6.07) is 16.5. The third kappa shape index (κ3) is 3.78. The quantitative estimate of drug-likeness (QED) is 0.719. The summed E-state index contributed by atoms with van der Waals surface area (Å²) < 4.78 is 5.57. The standard InChI is InChI=1S/C20H20N2O3/c1-21(2)13-19(23)22(16-8-4-3-5-9-16)12-15-14-25-18-11-7-6-10-17(18)20(15)24/h3-11,14H,12-13H2,1-2H3. The van der Waals surface area contributed by atoms with Gasteiger partial charge in [0.1, 0.15) is 5.58 Å². The first kappa shape index (κ1) is 16.9. The summed E-state index contributed by atoms with van der Waals surface area (Å²) in [6.45, 7) is 0.428. The average Bonchev–Trinajstić information content (AvgIpc) is 2.61. The molecule has 1 aromatic heterocycles. The molecule has 128 valence electrons. The SMILES string of the molecule is CN(C)CC(=O)N(Cc1coc2ccccc2c1=O)c1ccccc1. The number of amides is 1. The number of hydrogen-bond acceptors (Lipinski definition) is 4. The van der Waals surface area contributed by atoms with Gasteiger partial charge in [-0.1, -0.05) is 30.3 Å². The van der Waals surface area contributed by atoms with Gasteiger partial charge in [-0.2, -0.15) is 0 Å². The van der Waals surface area contributed by atoms with Crippen LogP contribution in [0.2, 0.25) is 0 Å². The van der Waals surface area contributed by atoms with Crippen molar-refractivity contribution in [1.82, 2.24) is 4.90 Å². The number of carbonyl (C=O) groups is 1. The van der Waals surface area contributed by atoms with Crippen LogP contribution in [0, 0.1) is 0 Å². The van der Waals surface area contributed by atoms with Gasteiger partial charge in [-0.25, -0.2) is 0 Å². The molecule has 0 radical (unpaired) electrons. The Bertz CT molecular complexity index is 932. The van der Waals surface area contributed by atoms with Gasteiger partial charge in [0, 0.05) is 5.69 Å². The Morgan fingerprint density at radius 1 is 1.00 bits per heavy atom. The van der Waals surface area contributed by atoms with Crippen LogP contribution in [0.25, 0.3) is 11.0 Å². The second-order valence-electron chi connectivity index (χ2n) is 6.14. The van der Waals surface area contributed by atoms with E-state index in [1.165, 1.54) is 6.26 Å². The summed E-state index contributed by atoms with van der Waals surface area (Å²) in [5, 5.41) is 0.521. The van der Waals surface area contributed by atoms with E-state index in [0.29, 0.717) is 16.5 Å². The summed E-state index contributed by atoms with van der Waals surface area (Å²) in [6.07, 6.45) is 1.45. The highest BCUT2D eigenvalue weighted by Crippen LogP contribution is 2.18. The van der Waals surface area contributed by atoms with Crippen LogP contribution in [0.1, 0.15) is 5.56 Å². The maximum Gasteiger partial charge on any atom is 0.241 e. The van der Waals surface area contributed by atoms with Gasteiger partial charge in [-0.15, -0.1) is 0 Å². The first-order valence-electron chi connectivity index (χ1n) is 8.06. The van der Waals surface area contributed by atoms with E-state index in [4.69, 9.17) is 4.42 Å². The van der Waals surface area contributed by atoms with Crippen molar-refractivity contribution in [2.45, 2.75) is 6.54 Å². The molecule has 3 aromatic rings. The van der Waals surface area contributed by atoms with Crippen LogP contribution in [-0.4, -0.2) is 31.4 Å². The van der Waals surface area contributed by atoms with Gasteiger partial charge in [0.2, 0.25) is 5.91 Å². The molecule has 1 amide bonds. The van der Waals surface area contributed by atoms with Gasteiger partial charge in [-0.05, 0) is 38.4 Å². The van der Waals surface area contributed by atoms with E-state index in [1.54, 1.807) is 28.0 Å². The fraction of sp³-hybridized carbons (Fsp3) is 0.200. The predicted octanol–water partition coefficient (Wildman–Crippen LogP) is 2.89. The van der Waals surface area contributed by atoms with E-state index in [0.717, 1.165) is 5.69 Å². The Balaban J connectivity index is 1.99. The molecule has 0 aliphatic heterocycles. The zero-order chi connectivity index (χ0) is 17.8. The zero-order valence-corrected chi connectivity index (χ0v) is 14.3. The molecule has 5 heteroatoms. The molecule has 0 aliphatic carbocycles. The van der Waals surface area contributed by atoms with Gasteiger partial charge in [-0.3, -0.25) is 9.59 Å². The lowest BCUT2D eigenvalue weighted by atomic mass is 10.1. The summed E-state index contributed by atoms with van der Waals surface area (Å²) in [4.78, 5) is 28.8. The lowest BCUT2D eigenvalue weighted by molar-refractivity contribution is -0.119. The second kappa shape index (κ2) is 7.32. The molecule has 0 atom stereocenters. The van der Waals surface area contributed by atoms with Crippen molar-refractivity contribution in [2.75, 3.05) is 25.5 Å². The van der Waals surface area contributed by atoms with Gasteiger partial charge in [0.15, 0.2) is 5.43 Å². The molecular formula is C20H20N2O3. The third-order valence-corrected chi connectivity index (χ3v) is 3.90. The zero-order valence-electron chi connectivity index (χ0n) is 14.3. The Hall–Kier alpha value is -2.92. The van der Waals surface area contributed by atoms with Crippen molar-refractivity contribution in [3.05, 3.63) is 76.6 Å². The Morgan fingerprint density at radius 2 is 1.68 bits per heavy atom. The number of rotatable bonds is 5. The van der Waals surface area contributed by atoms with Gasteiger partial charge >= 0.3 is 0 Å². The lowest BCUT2D eigenvalue weighted by Gasteiger charge is -2.24. The van der Waals surface area contributed by atoms with Crippen LogP contribution in [0.3, 0.4) is 0 Å². The van der Waals surface area contributed by atoms with Crippen molar-refractivity contribution in [3.63, 3.8) is 0 Å². The maximum absolute atomic E-state index is 12.7. The minimum absolute atomic E-state index is 0.0799. The molecule has 25 heavy (non-hydrogen) atoms. The molecule has 0 aliphatic rings. The fourth-order valence-electron chi connectivity index (χ4n) is 2.68. The molecule has 0 spiro atoms. The number of hydrogen-bond donors (Lipinski definition) is 0. The van der Waals surface area contributed by atoms with Crippen molar-refractivity contribution in [2.24, 2.45) is 0 Å². The lowest BCUT2D eigenvalue weighted by Crippen LogP contribution is -2.38. The van der Waals surface area contributed by atoms with E-state index in [-0.39, 0.29) is 24.4 Å². The molecule has 2 aromatic carbocycles. The number of anilines is 1. The topological polar surface area (TPSA) is 53.8 Å². The minimum atomic E-state index is -0.111. The number of para-hydroxylation sites is 2. The molecule has 0 unspecified atom stereocenters. The maximum atomic E-state index is 12.7. The van der Waals surface area contributed by atoms with E-state index < -0.39 is 0 Å². The third-order valence-electron chi connectivity index (χ3n) is 3.90. The average molecular weight is 336 g/mol. The first-order valence-corrected chi connectivity index (χ1v) is 8.06. The first-order chi connectivity index (χ1) is 12.1. The predicted molar refractivity (Wildman–Crippen MR) is 98.7 cm³/mol. The Kier molecular flexibility index (Phi) is 4.95. The normalized spacial score (nSPS) is 11.0. The Morgan fingerprint density at radius 3 is 2.40 bits per heavy atom. The number of benzene rings is 2. The number of likely N-dealkylation sites (N-methyl/N-ethyl adjacent to an activating group) is 1. The van der Waals surface area contributed by atoms with Crippen LogP contribution in [0.15, 0.2) is 70.1 Å². The number of fused-ring (bicyclic) bond motifs is 1. The summed E-state index contributed by atoms with van der Waals surface area (Å²) in [7, 11) is 3.68. The molecule has 1 heterocycles. The fourth-order valence-corrected chi connectivity index (χ4v) is 2.68. The van der Waals surface area contributed by atoms with E-state index in [1.807, 2.05) is 50.5 Å². The van der Waals surface area contributed by atoms with Crippen LogP contribution in [-0.2, 0) is 11.3 Å². The van der Waals surface area contributed by atoms with Gasteiger partial charge in [0.05, 0.1) is 30.3 Å². The molecule has 0 N–H and O–H groups in total. The summed E-state index contributed by atoms with van der Waals surface area (Å²) in [5.41, 5.74) is 1.64.